The quantitative estimate of drug-likeness (QED) is 0.634. The van der Waals surface area contributed by atoms with Gasteiger partial charge in [0.25, 0.3) is 5.91 Å². The highest BCUT2D eigenvalue weighted by molar-refractivity contribution is 6.39. The van der Waals surface area contributed by atoms with Crippen molar-refractivity contribution in [3.8, 4) is 0 Å². The number of β-amino-alcohol motifs (C(OH)–C–C–N with tert-alkyl or cyclic N) is 1. The third-order valence-electron chi connectivity index (χ3n) is 2.80. The third-order valence-corrected chi connectivity index (χ3v) is 2.80. The van der Waals surface area contributed by atoms with Crippen LogP contribution in [0.5, 0.6) is 0 Å². The average molecular weight is 225 g/mol. The summed E-state index contributed by atoms with van der Waals surface area (Å²) < 4.78 is 0. The fourth-order valence-corrected chi connectivity index (χ4v) is 1.93. The van der Waals surface area contributed by atoms with Gasteiger partial charge in [0.1, 0.15) is 5.71 Å². The van der Waals surface area contributed by atoms with Crippen LogP contribution in [0.25, 0.3) is 0 Å². The number of hydrazone groups is 1. The third kappa shape index (κ3) is 1.92. The molecular weight excluding hydrogens is 210 g/mol. The van der Waals surface area contributed by atoms with Crippen LogP contribution in [0.4, 0.5) is 0 Å². The fourth-order valence-electron chi connectivity index (χ4n) is 1.93. The van der Waals surface area contributed by atoms with Crippen molar-refractivity contribution in [1.29, 1.82) is 0 Å². The number of hydrogen-bond donors (Lipinski definition) is 1. The zero-order valence-electron chi connectivity index (χ0n) is 9.43. The monoisotopic (exact) mass is 225 g/mol. The molecule has 16 heavy (non-hydrogen) atoms. The summed E-state index contributed by atoms with van der Waals surface area (Å²) in [6, 6.07) is 0. The molecule has 0 saturated carbocycles. The summed E-state index contributed by atoms with van der Waals surface area (Å²) in [5, 5.41) is 14.7. The summed E-state index contributed by atoms with van der Waals surface area (Å²) in [5.41, 5.74) is -0.371. The standard InChI is InChI=1S/C10H15N3O3/c1-10(16)5-13(6-10)9(15)7-3-4-8(14)12(2)11-7/h16H,3-6H2,1-2H3. The van der Waals surface area contributed by atoms with E-state index in [4.69, 9.17) is 0 Å². The molecule has 0 radical (unpaired) electrons. The molecule has 0 atom stereocenters. The molecular formula is C10H15N3O3. The van der Waals surface area contributed by atoms with E-state index in [2.05, 4.69) is 5.10 Å². The van der Waals surface area contributed by atoms with Crippen molar-refractivity contribution in [1.82, 2.24) is 9.91 Å². The molecule has 0 aromatic rings. The Hall–Kier alpha value is -1.43. The minimum absolute atomic E-state index is 0.0767. The second kappa shape index (κ2) is 3.55. The van der Waals surface area contributed by atoms with Crippen LogP contribution < -0.4 is 0 Å². The van der Waals surface area contributed by atoms with Crippen LogP contribution in [0.3, 0.4) is 0 Å². The summed E-state index contributed by atoms with van der Waals surface area (Å²) in [6.45, 7) is 2.36. The normalized spacial score (nSPS) is 23.9. The van der Waals surface area contributed by atoms with E-state index in [0.717, 1.165) is 0 Å². The summed E-state index contributed by atoms with van der Waals surface area (Å²) >= 11 is 0. The van der Waals surface area contributed by atoms with E-state index < -0.39 is 5.60 Å². The maximum Gasteiger partial charge on any atom is 0.270 e. The number of carbonyl (C=O) groups excluding carboxylic acids is 2. The minimum Gasteiger partial charge on any atom is -0.386 e. The molecule has 0 aromatic carbocycles. The Balaban J connectivity index is 2.01. The number of likely N-dealkylation sites (tertiary alicyclic amines) is 1. The van der Waals surface area contributed by atoms with Crippen molar-refractivity contribution in [2.45, 2.75) is 25.4 Å². The van der Waals surface area contributed by atoms with Gasteiger partial charge < -0.3 is 10.0 Å². The van der Waals surface area contributed by atoms with Gasteiger partial charge in [0, 0.05) is 19.9 Å². The van der Waals surface area contributed by atoms with Gasteiger partial charge in [0.2, 0.25) is 5.91 Å². The molecule has 2 amide bonds. The predicted octanol–water partition coefficient (Wildman–Crippen LogP) is -0.812. The van der Waals surface area contributed by atoms with Gasteiger partial charge in [-0.2, -0.15) is 5.10 Å². The molecule has 0 aliphatic carbocycles. The zero-order valence-corrected chi connectivity index (χ0v) is 9.43. The number of carbonyl (C=O) groups is 2. The summed E-state index contributed by atoms with van der Waals surface area (Å²) in [6.07, 6.45) is 0.714. The van der Waals surface area contributed by atoms with E-state index in [0.29, 0.717) is 31.6 Å². The van der Waals surface area contributed by atoms with Gasteiger partial charge in [-0.25, -0.2) is 5.01 Å². The van der Waals surface area contributed by atoms with Crippen molar-refractivity contribution < 1.29 is 14.7 Å². The van der Waals surface area contributed by atoms with Gasteiger partial charge in [-0.3, -0.25) is 9.59 Å². The first kappa shape index (κ1) is 11.1. The number of aliphatic hydroxyl groups is 1. The molecule has 0 aromatic heterocycles. The first-order valence-electron chi connectivity index (χ1n) is 5.25. The molecule has 2 rings (SSSR count). The zero-order chi connectivity index (χ0) is 11.9. The van der Waals surface area contributed by atoms with Crippen LogP contribution in [0.1, 0.15) is 19.8 Å². The van der Waals surface area contributed by atoms with E-state index in [1.807, 2.05) is 0 Å². The highest BCUT2D eigenvalue weighted by Gasteiger charge is 2.41. The topological polar surface area (TPSA) is 73.2 Å². The van der Waals surface area contributed by atoms with Crippen LogP contribution >= 0.6 is 0 Å². The number of amides is 2. The van der Waals surface area contributed by atoms with E-state index in [1.165, 1.54) is 5.01 Å². The Kier molecular flexibility index (Phi) is 2.46. The second-order valence-corrected chi connectivity index (χ2v) is 4.62. The highest BCUT2D eigenvalue weighted by Crippen LogP contribution is 2.21. The van der Waals surface area contributed by atoms with Crippen LogP contribution in [0, 0.1) is 0 Å². The predicted molar refractivity (Wildman–Crippen MR) is 56.6 cm³/mol. The largest absolute Gasteiger partial charge is 0.386 e. The molecule has 1 saturated heterocycles. The molecule has 2 aliphatic heterocycles. The maximum absolute atomic E-state index is 11.9. The molecule has 0 bridgehead atoms. The first-order chi connectivity index (χ1) is 7.39. The van der Waals surface area contributed by atoms with Crippen molar-refractivity contribution in [2.75, 3.05) is 20.1 Å². The first-order valence-corrected chi connectivity index (χ1v) is 5.25. The SMILES string of the molecule is CN1N=C(C(=O)N2CC(C)(O)C2)CCC1=O. The molecule has 6 nitrogen and oxygen atoms in total. The number of nitrogens with zero attached hydrogens (tertiary/aromatic N) is 3. The smallest absolute Gasteiger partial charge is 0.270 e. The minimum atomic E-state index is -0.771. The van der Waals surface area contributed by atoms with Gasteiger partial charge in [-0.1, -0.05) is 0 Å². The molecule has 1 N–H and O–H groups in total. The molecule has 0 unspecified atom stereocenters. The maximum atomic E-state index is 11.9. The Morgan fingerprint density at radius 3 is 2.56 bits per heavy atom. The lowest BCUT2D eigenvalue weighted by Gasteiger charge is -2.44. The Morgan fingerprint density at radius 1 is 1.44 bits per heavy atom. The Bertz CT molecular complexity index is 368. The van der Waals surface area contributed by atoms with Gasteiger partial charge in [-0.15, -0.1) is 0 Å². The summed E-state index contributed by atoms with van der Waals surface area (Å²) in [5.74, 6) is -0.252. The molecule has 2 aliphatic rings. The summed E-state index contributed by atoms with van der Waals surface area (Å²) in [7, 11) is 1.54. The van der Waals surface area contributed by atoms with Crippen LogP contribution in [-0.4, -0.2) is 58.3 Å². The van der Waals surface area contributed by atoms with E-state index in [-0.39, 0.29) is 11.8 Å². The number of hydrogen-bond acceptors (Lipinski definition) is 4. The molecule has 1 fully saturated rings. The molecule has 2 heterocycles. The van der Waals surface area contributed by atoms with Crippen molar-refractivity contribution in [3.63, 3.8) is 0 Å². The average Bonchev–Trinajstić information content (AvgIpc) is 2.17. The lowest BCUT2D eigenvalue weighted by atomic mass is 9.96. The Morgan fingerprint density at radius 2 is 2.06 bits per heavy atom. The van der Waals surface area contributed by atoms with E-state index in [1.54, 1.807) is 18.9 Å². The summed E-state index contributed by atoms with van der Waals surface area (Å²) in [4.78, 5) is 24.6. The van der Waals surface area contributed by atoms with Gasteiger partial charge in [-0.05, 0) is 6.92 Å². The van der Waals surface area contributed by atoms with Crippen LogP contribution in [0.15, 0.2) is 5.10 Å². The van der Waals surface area contributed by atoms with Crippen LogP contribution in [-0.2, 0) is 9.59 Å². The number of rotatable bonds is 1. The van der Waals surface area contributed by atoms with Gasteiger partial charge >= 0.3 is 0 Å². The van der Waals surface area contributed by atoms with Gasteiger partial charge in [0.05, 0.1) is 18.7 Å². The van der Waals surface area contributed by atoms with E-state index in [9.17, 15) is 14.7 Å². The van der Waals surface area contributed by atoms with Crippen molar-refractivity contribution in [2.24, 2.45) is 5.10 Å². The van der Waals surface area contributed by atoms with Crippen molar-refractivity contribution >= 4 is 17.5 Å². The lowest BCUT2D eigenvalue weighted by molar-refractivity contribution is -0.145. The lowest BCUT2D eigenvalue weighted by Crippen LogP contribution is -2.63. The second-order valence-electron chi connectivity index (χ2n) is 4.62. The van der Waals surface area contributed by atoms with Crippen LogP contribution in [0.2, 0.25) is 0 Å². The molecule has 6 heteroatoms. The molecule has 88 valence electrons. The fraction of sp³-hybridized carbons (Fsp3) is 0.700. The van der Waals surface area contributed by atoms with E-state index >= 15 is 0 Å². The Labute approximate surface area is 93.5 Å². The molecule has 0 spiro atoms. The van der Waals surface area contributed by atoms with Crippen molar-refractivity contribution in [3.05, 3.63) is 0 Å². The van der Waals surface area contributed by atoms with Gasteiger partial charge in [0.15, 0.2) is 0 Å². The highest BCUT2D eigenvalue weighted by atomic mass is 16.3.